The molecule has 0 aromatic carbocycles. The van der Waals surface area contributed by atoms with Crippen molar-refractivity contribution in [2.45, 2.75) is 232 Å². The third-order valence-electron chi connectivity index (χ3n) is 9.32. The topological polar surface area (TPSA) is 55.8 Å². The van der Waals surface area contributed by atoms with Crippen LogP contribution in [0.2, 0.25) is 0 Å². The molecular weight excluding hydrogens is 568 g/mol. The quantitative estimate of drug-likeness (QED) is 0.0408. The second-order valence-corrected chi connectivity index (χ2v) is 14.1. The van der Waals surface area contributed by atoms with Crippen LogP contribution in [0.15, 0.2) is 12.2 Å². The average molecular weight is 651 g/mol. The van der Waals surface area contributed by atoms with Crippen LogP contribution in [0.4, 0.5) is 0 Å². The molecule has 0 aliphatic carbocycles. The Kier molecular flexibility index (Phi) is 39.5. The smallest absolute Gasteiger partial charge is 0.306 e. The molecule has 1 atom stereocenters. The van der Waals surface area contributed by atoms with Gasteiger partial charge in [0.15, 0.2) is 0 Å². The van der Waals surface area contributed by atoms with Gasteiger partial charge in [0.1, 0.15) is 6.10 Å². The molecule has 4 heteroatoms. The Hall–Kier alpha value is -0.870. The van der Waals surface area contributed by atoms with Crippen LogP contribution in [0.3, 0.4) is 0 Å². The Morgan fingerprint density at radius 3 is 1.33 bits per heavy atom. The Bertz CT molecular complexity index is 604. The van der Waals surface area contributed by atoms with Gasteiger partial charge in [0.25, 0.3) is 0 Å². The summed E-state index contributed by atoms with van der Waals surface area (Å²) in [5, 5.41) is 9.55. The highest BCUT2D eigenvalue weighted by Gasteiger charge is 2.13. The van der Waals surface area contributed by atoms with Crippen LogP contribution < -0.4 is 0 Å². The van der Waals surface area contributed by atoms with Crippen LogP contribution >= 0.6 is 0 Å². The molecule has 1 N–H and O–H groups in total. The first-order valence-corrected chi connectivity index (χ1v) is 20.8. The molecule has 0 aromatic heterocycles. The van der Waals surface area contributed by atoms with E-state index in [9.17, 15) is 9.90 Å². The molecule has 0 saturated carbocycles. The molecule has 0 fully saturated rings. The summed E-state index contributed by atoms with van der Waals surface area (Å²) in [6, 6.07) is 0. The predicted octanol–water partition coefficient (Wildman–Crippen LogP) is 13.4. The zero-order chi connectivity index (χ0) is 33.4. The van der Waals surface area contributed by atoms with E-state index in [1.807, 2.05) is 0 Å². The van der Waals surface area contributed by atoms with Crippen molar-refractivity contribution in [3.63, 3.8) is 0 Å². The van der Waals surface area contributed by atoms with Crippen LogP contribution in [0.1, 0.15) is 226 Å². The number of allylic oxidation sites excluding steroid dienone is 2. The Balaban J connectivity index is 3.31. The van der Waals surface area contributed by atoms with E-state index in [0.717, 1.165) is 19.3 Å². The summed E-state index contributed by atoms with van der Waals surface area (Å²) >= 11 is 0. The van der Waals surface area contributed by atoms with Crippen LogP contribution in [0, 0.1) is 0 Å². The van der Waals surface area contributed by atoms with Gasteiger partial charge in [-0.2, -0.15) is 0 Å². The van der Waals surface area contributed by atoms with Gasteiger partial charge in [-0.25, -0.2) is 0 Å². The van der Waals surface area contributed by atoms with Gasteiger partial charge < -0.3 is 14.6 Å². The molecule has 0 bridgehead atoms. The maximum absolute atomic E-state index is 12.1. The van der Waals surface area contributed by atoms with E-state index in [2.05, 4.69) is 26.0 Å². The second kappa shape index (κ2) is 40.3. The SMILES string of the molecule is CCC/C=C\CCCCCCCC(=O)OC(CO)COCCCCCCCCCCCCCCCCCCCCCCCCCC. The molecule has 0 aromatic rings. The lowest BCUT2D eigenvalue weighted by molar-refractivity contribution is -0.154. The number of esters is 1. The van der Waals surface area contributed by atoms with Gasteiger partial charge >= 0.3 is 5.97 Å². The first-order chi connectivity index (χ1) is 22.7. The summed E-state index contributed by atoms with van der Waals surface area (Å²) in [7, 11) is 0. The Morgan fingerprint density at radius 2 is 0.891 bits per heavy atom. The van der Waals surface area contributed by atoms with Crippen molar-refractivity contribution in [2.75, 3.05) is 19.8 Å². The number of carbonyl (C=O) groups excluding carboxylic acids is 1. The number of hydrogen-bond acceptors (Lipinski definition) is 4. The summed E-state index contributed by atoms with van der Waals surface area (Å²) < 4.78 is 11.1. The number of ether oxygens (including phenoxy) is 2. The lowest BCUT2D eigenvalue weighted by Gasteiger charge is -2.15. The van der Waals surface area contributed by atoms with Gasteiger partial charge in [0, 0.05) is 13.0 Å². The van der Waals surface area contributed by atoms with E-state index in [1.54, 1.807) is 0 Å². The molecule has 274 valence electrons. The van der Waals surface area contributed by atoms with Gasteiger partial charge in [0.2, 0.25) is 0 Å². The number of unbranched alkanes of at least 4 members (excludes halogenated alkanes) is 29. The monoisotopic (exact) mass is 651 g/mol. The summed E-state index contributed by atoms with van der Waals surface area (Å²) in [6.45, 7) is 5.31. The summed E-state index contributed by atoms with van der Waals surface area (Å²) in [5.41, 5.74) is 0. The van der Waals surface area contributed by atoms with Gasteiger partial charge in [-0.3, -0.25) is 4.79 Å². The number of aliphatic hydroxyl groups excluding tert-OH is 1. The zero-order valence-corrected chi connectivity index (χ0v) is 31.4. The molecule has 0 saturated heterocycles. The number of carbonyl (C=O) groups is 1. The van der Waals surface area contributed by atoms with Gasteiger partial charge in [-0.15, -0.1) is 0 Å². The first-order valence-electron chi connectivity index (χ1n) is 20.8. The third-order valence-corrected chi connectivity index (χ3v) is 9.32. The molecule has 0 radical (unpaired) electrons. The second-order valence-electron chi connectivity index (χ2n) is 14.1. The van der Waals surface area contributed by atoms with Crippen LogP contribution in [0.5, 0.6) is 0 Å². The first kappa shape index (κ1) is 45.1. The van der Waals surface area contributed by atoms with Gasteiger partial charge in [0.05, 0.1) is 13.2 Å². The van der Waals surface area contributed by atoms with E-state index in [4.69, 9.17) is 9.47 Å². The fourth-order valence-corrected chi connectivity index (χ4v) is 6.21. The minimum Gasteiger partial charge on any atom is -0.457 e. The Labute approximate surface area is 288 Å². The van der Waals surface area contributed by atoms with E-state index >= 15 is 0 Å². The fourth-order valence-electron chi connectivity index (χ4n) is 6.21. The molecule has 0 amide bonds. The van der Waals surface area contributed by atoms with E-state index in [0.29, 0.717) is 19.6 Å². The summed E-state index contributed by atoms with van der Waals surface area (Å²) in [6.07, 6.45) is 47.1. The number of rotatable bonds is 39. The lowest BCUT2D eigenvalue weighted by atomic mass is 10.0. The molecule has 0 heterocycles. The summed E-state index contributed by atoms with van der Waals surface area (Å²) in [5.74, 6) is -0.208. The van der Waals surface area contributed by atoms with E-state index in [-0.39, 0.29) is 12.6 Å². The van der Waals surface area contributed by atoms with Crippen molar-refractivity contribution in [2.24, 2.45) is 0 Å². The highest BCUT2D eigenvalue weighted by atomic mass is 16.6. The third kappa shape index (κ3) is 37.6. The van der Waals surface area contributed by atoms with Crippen molar-refractivity contribution in [1.82, 2.24) is 0 Å². The van der Waals surface area contributed by atoms with Crippen molar-refractivity contribution in [3.8, 4) is 0 Å². The zero-order valence-electron chi connectivity index (χ0n) is 31.4. The molecule has 0 aliphatic rings. The van der Waals surface area contributed by atoms with Gasteiger partial charge in [-0.05, 0) is 32.1 Å². The fraction of sp³-hybridized carbons (Fsp3) is 0.929. The van der Waals surface area contributed by atoms with Crippen molar-refractivity contribution in [3.05, 3.63) is 12.2 Å². The molecule has 1 unspecified atom stereocenters. The van der Waals surface area contributed by atoms with Crippen LogP contribution in [-0.4, -0.2) is 37.0 Å². The van der Waals surface area contributed by atoms with Gasteiger partial charge in [-0.1, -0.05) is 199 Å². The highest BCUT2D eigenvalue weighted by Crippen LogP contribution is 2.16. The Morgan fingerprint density at radius 1 is 0.500 bits per heavy atom. The molecule has 46 heavy (non-hydrogen) atoms. The van der Waals surface area contributed by atoms with Crippen LogP contribution in [-0.2, 0) is 14.3 Å². The highest BCUT2D eigenvalue weighted by molar-refractivity contribution is 5.69. The average Bonchev–Trinajstić information content (AvgIpc) is 3.06. The maximum atomic E-state index is 12.1. The largest absolute Gasteiger partial charge is 0.457 e. The minimum atomic E-state index is -0.531. The molecule has 0 spiro atoms. The molecule has 0 aliphatic heterocycles. The normalized spacial score (nSPS) is 12.3. The minimum absolute atomic E-state index is 0.170. The van der Waals surface area contributed by atoms with Crippen molar-refractivity contribution < 1.29 is 19.4 Å². The van der Waals surface area contributed by atoms with E-state index in [1.165, 1.54) is 186 Å². The maximum Gasteiger partial charge on any atom is 0.306 e. The standard InChI is InChI=1S/C42H82O4/c1-3-5-7-9-11-13-15-16-17-18-19-20-21-22-23-24-25-26-27-28-30-32-34-36-38-45-40-41(39-43)46-42(44)37-35-33-31-29-14-12-10-8-6-4-2/h8,10,41,43H,3-7,9,11-40H2,1-2H3/b10-8-. The predicted molar refractivity (Wildman–Crippen MR) is 201 cm³/mol. The van der Waals surface area contributed by atoms with E-state index < -0.39 is 6.10 Å². The van der Waals surface area contributed by atoms with Crippen molar-refractivity contribution in [1.29, 1.82) is 0 Å². The van der Waals surface area contributed by atoms with Crippen LogP contribution in [0.25, 0.3) is 0 Å². The lowest BCUT2D eigenvalue weighted by Crippen LogP contribution is -2.27. The number of aliphatic hydroxyl groups is 1. The molecular formula is C42H82O4. The van der Waals surface area contributed by atoms with Crippen molar-refractivity contribution >= 4 is 5.97 Å². The summed E-state index contributed by atoms with van der Waals surface area (Å²) in [4.78, 5) is 12.1. The number of hydrogen-bond donors (Lipinski definition) is 1. The molecule has 0 rings (SSSR count). The molecule has 4 nitrogen and oxygen atoms in total.